The number of imidazole rings is 1. The van der Waals surface area contributed by atoms with E-state index in [0.29, 0.717) is 5.82 Å². The Balaban J connectivity index is 1.54. The maximum Gasteiger partial charge on any atom is 0.165 e. The van der Waals surface area contributed by atoms with Crippen LogP contribution < -0.4 is 16.8 Å². The maximum atomic E-state index is 6.55. The molecule has 0 bridgehead atoms. The van der Waals surface area contributed by atoms with Gasteiger partial charge in [0.15, 0.2) is 11.5 Å². The summed E-state index contributed by atoms with van der Waals surface area (Å²) in [5.74, 6) is 1.42. The lowest BCUT2D eigenvalue weighted by Gasteiger charge is -2.38. The smallest absolute Gasteiger partial charge is 0.165 e. The van der Waals surface area contributed by atoms with Crippen LogP contribution in [0.15, 0.2) is 67.0 Å². The molecule has 1 fully saturated rings. The predicted molar refractivity (Wildman–Crippen MR) is 126 cm³/mol. The second kappa shape index (κ2) is 7.17. The third kappa shape index (κ3) is 2.97. The first-order valence-corrected chi connectivity index (χ1v) is 11.0. The van der Waals surface area contributed by atoms with E-state index in [2.05, 4.69) is 51.3 Å². The number of nitrogens with one attached hydrogen (secondary N) is 1. The Morgan fingerprint density at radius 2 is 1.88 bits per heavy atom. The van der Waals surface area contributed by atoms with Crippen LogP contribution in [0.4, 0.5) is 5.82 Å². The molecule has 1 unspecified atom stereocenters. The zero-order valence-electron chi connectivity index (χ0n) is 17.7. The van der Waals surface area contributed by atoms with Crippen LogP contribution in [0.3, 0.4) is 0 Å². The number of pyridine rings is 2. The van der Waals surface area contributed by atoms with Crippen LogP contribution >= 0.6 is 0 Å². The summed E-state index contributed by atoms with van der Waals surface area (Å²) in [4.78, 5) is 14.2. The van der Waals surface area contributed by atoms with Gasteiger partial charge in [-0.2, -0.15) is 0 Å². The lowest BCUT2D eigenvalue weighted by atomic mass is 9.73. The molecule has 6 rings (SSSR count). The van der Waals surface area contributed by atoms with Gasteiger partial charge >= 0.3 is 0 Å². The summed E-state index contributed by atoms with van der Waals surface area (Å²) >= 11 is 0. The monoisotopic (exact) mass is 423 g/mol. The van der Waals surface area contributed by atoms with Gasteiger partial charge in [-0.3, -0.25) is 4.57 Å². The molecule has 7 heteroatoms. The minimum absolute atomic E-state index is 0.195. The van der Waals surface area contributed by atoms with Crippen molar-refractivity contribution in [1.82, 2.24) is 24.8 Å². The van der Waals surface area contributed by atoms with E-state index in [1.165, 1.54) is 12.0 Å². The quantitative estimate of drug-likeness (QED) is 0.463. The minimum Gasteiger partial charge on any atom is -0.390 e. The molecule has 3 aromatic heterocycles. The normalized spacial score (nSPS) is 19.1. The Labute approximate surface area is 186 Å². The SMILES string of the molecule is Nc1ncccc1-c1nc2ccc(C3C=CNC3)nc2n1-c1ccc(C2(N)CCC2)cc1. The molecule has 0 amide bonds. The fourth-order valence-electron chi connectivity index (χ4n) is 4.65. The van der Waals surface area contributed by atoms with Gasteiger partial charge in [-0.25, -0.2) is 15.0 Å². The summed E-state index contributed by atoms with van der Waals surface area (Å²) < 4.78 is 2.08. The van der Waals surface area contributed by atoms with Crippen molar-refractivity contribution in [2.75, 3.05) is 12.3 Å². The second-order valence-electron chi connectivity index (χ2n) is 8.72. The van der Waals surface area contributed by atoms with Gasteiger partial charge in [0.1, 0.15) is 11.3 Å². The first-order chi connectivity index (χ1) is 15.6. The summed E-state index contributed by atoms with van der Waals surface area (Å²) in [6.45, 7) is 0.850. The number of nitrogens with two attached hydrogens (primary N) is 2. The molecule has 1 aliphatic carbocycles. The fourth-order valence-corrected chi connectivity index (χ4v) is 4.65. The van der Waals surface area contributed by atoms with E-state index >= 15 is 0 Å². The Hall–Kier alpha value is -3.71. The van der Waals surface area contributed by atoms with E-state index in [1.54, 1.807) is 6.20 Å². The standard InChI is InChI=1S/C25H25N7/c26-22-19(3-1-13-29-22)23-31-21-9-8-20(16-10-14-28-15-16)30-24(21)32(23)18-6-4-17(5-7-18)25(27)11-2-12-25/h1,3-10,13-14,16,28H,2,11-12,15,27H2,(H2,26,29). The number of nitrogens with zero attached hydrogens (tertiary/aromatic N) is 4. The van der Waals surface area contributed by atoms with Crippen LogP contribution in [0.2, 0.25) is 0 Å². The molecule has 0 spiro atoms. The van der Waals surface area contributed by atoms with Crippen LogP contribution in [0, 0.1) is 0 Å². The summed E-state index contributed by atoms with van der Waals surface area (Å²) in [5.41, 5.74) is 18.2. The molecular weight excluding hydrogens is 398 g/mol. The molecule has 32 heavy (non-hydrogen) atoms. The van der Waals surface area contributed by atoms with Gasteiger partial charge in [0.25, 0.3) is 0 Å². The first-order valence-electron chi connectivity index (χ1n) is 11.0. The molecule has 4 heterocycles. The topological polar surface area (TPSA) is 108 Å². The van der Waals surface area contributed by atoms with Crippen molar-refractivity contribution in [2.45, 2.75) is 30.7 Å². The number of nitrogen functional groups attached to an aromatic ring is 1. The molecule has 2 aliphatic rings. The van der Waals surface area contributed by atoms with Gasteiger partial charge in [-0.05, 0) is 67.4 Å². The van der Waals surface area contributed by atoms with E-state index in [1.807, 2.05) is 24.4 Å². The maximum absolute atomic E-state index is 6.55. The van der Waals surface area contributed by atoms with Gasteiger partial charge in [-0.1, -0.05) is 18.2 Å². The molecule has 1 atom stereocenters. The minimum atomic E-state index is -0.195. The van der Waals surface area contributed by atoms with Gasteiger partial charge in [0.05, 0.1) is 11.3 Å². The highest BCUT2D eigenvalue weighted by atomic mass is 15.1. The van der Waals surface area contributed by atoms with Crippen LogP contribution in [0.5, 0.6) is 0 Å². The average molecular weight is 424 g/mol. The molecule has 1 aliphatic heterocycles. The predicted octanol–water partition coefficient (Wildman–Crippen LogP) is 3.60. The number of hydrogen-bond acceptors (Lipinski definition) is 6. The number of rotatable bonds is 4. The van der Waals surface area contributed by atoms with Crippen LogP contribution in [-0.4, -0.2) is 26.1 Å². The highest BCUT2D eigenvalue weighted by Crippen LogP contribution is 2.39. The molecule has 4 aromatic rings. The largest absolute Gasteiger partial charge is 0.390 e. The fraction of sp³-hybridized carbons (Fsp3) is 0.240. The molecule has 7 nitrogen and oxygen atoms in total. The van der Waals surface area contributed by atoms with Crippen molar-refractivity contribution in [1.29, 1.82) is 0 Å². The van der Waals surface area contributed by atoms with E-state index in [0.717, 1.165) is 53.3 Å². The van der Waals surface area contributed by atoms with Gasteiger partial charge in [0.2, 0.25) is 0 Å². The highest BCUT2D eigenvalue weighted by Gasteiger charge is 2.34. The Morgan fingerprint density at radius 3 is 2.56 bits per heavy atom. The molecule has 1 aromatic carbocycles. The zero-order valence-corrected chi connectivity index (χ0v) is 17.7. The summed E-state index contributed by atoms with van der Waals surface area (Å²) in [7, 11) is 0. The first kappa shape index (κ1) is 19.0. The number of fused-ring (bicyclic) bond motifs is 1. The molecule has 0 saturated heterocycles. The molecule has 5 N–H and O–H groups in total. The third-order valence-electron chi connectivity index (χ3n) is 6.72. The molecule has 1 saturated carbocycles. The number of aromatic nitrogens is 4. The molecule has 160 valence electrons. The van der Waals surface area contributed by atoms with Crippen molar-refractivity contribution in [3.05, 3.63) is 78.3 Å². The van der Waals surface area contributed by atoms with Crippen molar-refractivity contribution in [2.24, 2.45) is 5.73 Å². The van der Waals surface area contributed by atoms with Crippen molar-refractivity contribution >= 4 is 17.0 Å². The zero-order chi connectivity index (χ0) is 21.7. The lowest BCUT2D eigenvalue weighted by Crippen LogP contribution is -2.43. The van der Waals surface area contributed by atoms with Crippen LogP contribution in [0.25, 0.3) is 28.2 Å². The van der Waals surface area contributed by atoms with E-state index in [4.69, 9.17) is 21.4 Å². The Morgan fingerprint density at radius 1 is 1.03 bits per heavy atom. The Bertz CT molecular complexity index is 1330. The molecule has 0 radical (unpaired) electrons. The summed E-state index contributed by atoms with van der Waals surface area (Å²) in [6, 6.07) is 16.4. The average Bonchev–Trinajstić information content (AvgIpc) is 3.46. The van der Waals surface area contributed by atoms with Crippen LogP contribution in [-0.2, 0) is 5.54 Å². The van der Waals surface area contributed by atoms with E-state index in [-0.39, 0.29) is 11.5 Å². The number of benzene rings is 1. The van der Waals surface area contributed by atoms with Gasteiger partial charge in [-0.15, -0.1) is 0 Å². The number of anilines is 1. The Kier molecular flexibility index (Phi) is 4.26. The van der Waals surface area contributed by atoms with Gasteiger partial charge in [0, 0.05) is 29.9 Å². The summed E-state index contributed by atoms with van der Waals surface area (Å²) in [6.07, 6.45) is 9.07. The van der Waals surface area contributed by atoms with E-state index < -0.39 is 0 Å². The van der Waals surface area contributed by atoms with Crippen LogP contribution in [0.1, 0.15) is 36.4 Å². The molecular formula is C25H25N7. The highest BCUT2D eigenvalue weighted by molar-refractivity contribution is 5.83. The number of hydrogen-bond donors (Lipinski definition) is 3. The van der Waals surface area contributed by atoms with Crippen molar-refractivity contribution in [3.8, 4) is 17.1 Å². The van der Waals surface area contributed by atoms with E-state index in [9.17, 15) is 0 Å². The van der Waals surface area contributed by atoms with Gasteiger partial charge < -0.3 is 16.8 Å². The summed E-state index contributed by atoms with van der Waals surface area (Å²) in [5, 5.41) is 3.26. The van der Waals surface area contributed by atoms with Crippen molar-refractivity contribution in [3.63, 3.8) is 0 Å². The second-order valence-corrected chi connectivity index (χ2v) is 8.72. The van der Waals surface area contributed by atoms with Crippen molar-refractivity contribution < 1.29 is 0 Å². The third-order valence-corrected chi connectivity index (χ3v) is 6.72. The lowest BCUT2D eigenvalue weighted by molar-refractivity contribution is 0.253.